The van der Waals surface area contributed by atoms with Gasteiger partial charge < -0.3 is 5.11 Å². The molecule has 1 saturated heterocycles. The molecule has 2 heterocycles. The fraction of sp³-hybridized carbons (Fsp3) is 0.571. The number of carboxylic acids is 1. The molecule has 2 rings (SSSR count). The van der Waals surface area contributed by atoms with E-state index in [0.29, 0.717) is 0 Å². The quantitative estimate of drug-likeness (QED) is 0.887. The Bertz CT molecular complexity index is 420. The van der Waals surface area contributed by atoms with E-state index in [4.69, 9.17) is 5.11 Å². The van der Waals surface area contributed by atoms with E-state index in [1.54, 1.807) is 0 Å². The molecular weight excluding hydrogens is 228 g/mol. The van der Waals surface area contributed by atoms with E-state index < -0.39 is 5.97 Å². The molecule has 1 N–H and O–H groups in total. The van der Waals surface area contributed by atoms with Crippen molar-refractivity contribution in [1.82, 2.24) is 9.88 Å². The highest BCUT2D eigenvalue weighted by Crippen LogP contribution is 2.21. The van der Waals surface area contributed by atoms with Crippen LogP contribution in [0.15, 0.2) is 18.2 Å². The molecule has 1 aromatic rings. The van der Waals surface area contributed by atoms with E-state index in [2.05, 4.69) is 9.88 Å². The monoisotopic (exact) mass is 248 g/mol. The molecule has 1 atom stereocenters. The summed E-state index contributed by atoms with van der Waals surface area (Å²) in [6, 6.07) is 6.17. The molecule has 0 radical (unpaired) electrons. The zero-order chi connectivity index (χ0) is 13.0. The number of pyridine rings is 1. The number of hydrogen-bond acceptors (Lipinski definition) is 3. The Morgan fingerprint density at radius 3 is 3.06 bits per heavy atom. The number of nitrogens with zero attached hydrogens (tertiary/aromatic N) is 2. The van der Waals surface area contributed by atoms with Crippen LogP contribution in [0.25, 0.3) is 0 Å². The van der Waals surface area contributed by atoms with Crippen molar-refractivity contribution in [3.63, 3.8) is 0 Å². The van der Waals surface area contributed by atoms with Gasteiger partial charge in [-0.3, -0.25) is 14.7 Å². The Balaban J connectivity index is 2.03. The summed E-state index contributed by atoms with van der Waals surface area (Å²) in [6.07, 6.45) is 3.52. The van der Waals surface area contributed by atoms with E-state index in [0.717, 1.165) is 43.7 Å². The van der Waals surface area contributed by atoms with E-state index in [-0.39, 0.29) is 12.5 Å². The van der Waals surface area contributed by atoms with Crippen molar-refractivity contribution in [1.29, 1.82) is 0 Å². The van der Waals surface area contributed by atoms with Gasteiger partial charge in [-0.2, -0.15) is 0 Å². The number of hydrogen-bond donors (Lipinski definition) is 1. The van der Waals surface area contributed by atoms with Crippen LogP contribution in [0.5, 0.6) is 0 Å². The average molecular weight is 248 g/mol. The maximum Gasteiger partial charge on any atom is 0.304 e. The van der Waals surface area contributed by atoms with Crippen molar-refractivity contribution in [3.8, 4) is 0 Å². The van der Waals surface area contributed by atoms with Crippen molar-refractivity contribution in [3.05, 3.63) is 29.6 Å². The topological polar surface area (TPSA) is 53.4 Å². The van der Waals surface area contributed by atoms with Crippen LogP contribution < -0.4 is 0 Å². The number of carboxylic acid groups (broad SMARTS) is 1. The van der Waals surface area contributed by atoms with Gasteiger partial charge in [0.25, 0.3) is 0 Å². The third kappa shape index (κ3) is 3.53. The zero-order valence-corrected chi connectivity index (χ0v) is 10.8. The van der Waals surface area contributed by atoms with Crippen LogP contribution in [-0.2, 0) is 11.3 Å². The summed E-state index contributed by atoms with van der Waals surface area (Å²) in [6.45, 7) is 3.72. The van der Waals surface area contributed by atoms with Crippen molar-refractivity contribution in [2.45, 2.75) is 45.2 Å². The lowest BCUT2D eigenvalue weighted by atomic mass is 9.99. The second-order valence-electron chi connectivity index (χ2n) is 4.99. The van der Waals surface area contributed by atoms with Crippen molar-refractivity contribution < 1.29 is 9.90 Å². The minimum absolute atomic E-state index is 0.165. The molecule has 0 aromatic carbocycles. The van der Waals surface area contributed by atoms with Crippen LogP contribution in [0, 0.1) is 6.92 Å². The zero-order valence-electron chi connectivity index (χ0n) is 10.8. The Labute approximate surface area is 108 Å². The predicted molar refractivity (Wildman–Crippen MR) is 69.3 cm³/mol. The lowest BCUT2D eigenvalue weighted by molar-refractivity contribution is -0.138. The number of piperidine rings is 1. The summed E-state index contributed by atoms with van der Waals surface area (Å²) in [7, 11) is 0. The van der Waals surface area contributed by atoms with Crippen molar-refractivity contribution in [2.75, 3.05) is 6.54 Å². The van der Waals surface area contributed by atoms with Gasteiger partial charge in [-0.1, -0.05) is 12.5 Å². The first-order chi connectivity index (χ1) is 8.65. The standard InChI is InChI=1S/C14H20N2O2/c1-11-5-4-6-12(15-11)10-16-8-3-2-7-13(16)9-14(17)18/h4-6,13H,2-3,7-10H2,1H3,(H,17,18). The Kier molecular flexibility index (Phi) is 4.31. The molecule has 4 nitrogen and oxygen atoms in total. The van der Waals surface area contributed by atoms with Crippen molar-refractivity contribution >= 4 is 5.97 Å². The maximum absolute atomic E-state index is 10.9. The Morgan fingerprint density at radius 2 is 2.33 bits per heavy atom. The van der Waals surface area contributed by atoms with E-state index in [9.17, 15) is 4.79 Å². The van der Waals surface area contributed by atoms with Crippen LogP contribution >= 0.6 is 0 Å². The molecule has 1 fully saturated rings. The fourth-order valence-electron chi connectivity index (χ4n) is 2.60. The van der Waals surface area contributed by atoms with Gasteiger partial charge in [0.05, 0.1) is 12.1 Å². The number of aliphatic carboxylic acids is 1. The van der Waals surface area contributed by atoms with Crippen LogP contribution in [0.3, 0.4) is 0 Å². The summed E-state index contributed by atoms with van der Waals surface area (Å²) in [5, 5.41) is 8.95. The second kappa shape index (κ2) is 5.96. The number of carbonyl (C=O) groups is 1. The maximum atomic E-state index is 10.9. The number of likely N-dealkylation sites (tertiary alicyclic amines) is 1. The normalized spacial score (nSPS) is 20.8. The number of aryl methyl sites for hydroxylation is 1. The molecule has 1 aliphatic rings. The molecule has 1 aromatic heterocycles. The molecule has 0 amide bonds. The fourth-order valence-corrected chi connectivity index (χ4v) is 2.60. The first kappa shape index (κ1) is 13.0. The number of aromatic nitrogens is 1. The SMILES string of the molecule is Cc1cccc(CN2CCCCC2CC(=O)O)n1. The lowest BCUT2D eigenvalue weighted by Crippen LogP contribution is -2.40. The Morgan fingerprint density at radius 1 is 1.50 bits per heavy atom. The highest BCUT2D eigenvalue weighted by atomic mass is 16.4. The summed E-state index contributed by atoms with van der Waals surface area (Å²) >= 11 is 0. The first-order valence-corrected chi connectivity index (χ1v) is 6.53. The van der Waals surface area contributed by atoms with Crippen LogP contribution in [0.1, 0.15) is 37.1 Å². The molecule has 1 aliphatic heterocycles. The van der Waals surface area contributed by atoms with Gasteiger partial charge in [-0.05, 0) is 38.4 Å². The van der Waals surface area contributed by atoms with E-state index in [1.165, 1.54) is 0 Å². The third-order valence-electron chi connectivity index (χ3n) is 3.47. The molecule has 18 heavy (non-hydrogen) atoms. The molecule has 0 saturated carbocycles. The first-order valence-electron chi connectivity index (χ1n) is 6.53. The largest absolute Gasteiger partial charge is 0.481 e. The average Bonchev–Trinajstić information content (AvgIpc) is 2.31. The van der Waals surface area contributed by atoms with Crippen LogP contribution in [-0.4, -0.2) is 33.5 Å². The van der Waals surface area contributed by atoms with Crippen LogP contribution in [0.4, 0.5) is 0 Å². The van der Waals surface area contributed by atoms with Gasteiger partial charge in [0.1, 0.15) is 0 Å². The van der Waals surface area contributed by atoms with Gasteiger partial charge in [0, 0.05) is 18.3 Å². The minimum Gasteiger partial charge on any atom is -0.481 e. The molecule has 0 bridgehead atoms. The van der Waals surface area contributed by atoms with E-state index >= 15 is 0 Å². The summed E-state index contributed by atoms with van der Waals surface area (Å²) in [5.74, 6) is -0.705. The summed E-state index contributed by atoms with van der Waals surface area (Å²) < 4.78 is 0. The number of rotatable bonds is 4. The van der Waals surface area contributed by atoms with Gasteiger partial charge in [-0.15, -0.1) is 0 Å². The lowest BCUT2D eigenvalue weighted by Gasteiger charge is -2.34. The van der Waals surface area contributed by atoms with Gasteiger partial charge in [0.15, 0.2) is 0 Å². The minimum atomic E-state index is -0.705. The molecule has 0 spiro atoms. The van der Waals surface area contributed by atoms with E-state index in [1.807, 2.05) is 25.1 Å². The van der Waals surface area contributed by atoms with Crippen molar-refractivity contribution in [2.24, 2.45) is 0 Å². The smallest absolute Gasteiger partial charge is 0.304 e. The predicted octanol–water partition coefficient (Wildman–Crippen LogP) is 2.22. The summed E-state index contributed by atoms with van der Waals surface area (Å²) in [5.41, 5.74) is 2.05. The Hall–Kier alpha value is -1.42. The van der Waals surface area contributed by atoms with Gasteiger partial charge in [-0.25, -0.2) is 0 Å². The molecule has 98 valence electrons. The second-order valence-corrected chi connectivity index (χ2v) is 4.99. The highest BCUT2D eigenvalue weighted by molar-refractivity contribution is 5.67. The molecule has 0 aliphatic carbocycles. The van der Waals surface area contributed by atoms with Gasteiger partial charge in [0.2, 0.25) is 0 Å². The third-order valence-corrected chi connectivity index (χ3v) is 3.47. The summed E-state index contributed by atoms with van der Waals surface area (Å²) in [4.78, 5) is 17.6. The van der Waals surface area contributed by atoms with Crippen LogP contribution in [0.2, 0.25) is 0 Å². The molecular formula is C14H20N2O2. The highest BCUT2D eigenvalue weighted by Gasteiger charge is 2.24. The van der Waals surface area contributed by atoms with Gasteiger partial charge >= 0.3 is 5.97 Å². The molecule has 1 unspecified atom stereocenters. The molecule has 4 heteroatoms.